The van der Waals surface area contributed by atoms with Gasteiger partial charge in [0.25, 0.3) is 0 Å². The van der Waals surface area contributed by atoms with E-state index in [-0.39, 0.29) is 6.17 Å². The fourth-order valence-electron chi connectivity index (χ4n) is 1.95. The van der Waals surface area contributed by atoms with Gasteiger partial charge in [-0.15, -0.1) is 0 Å². The van der Waals surface area contributed by atoms with Gasteiger partial charge in [0, 0.05) is 5.69 Å². The molecule has 1 unspecified atom stereocenters. The Kier molecular flexibility index (Phi) is 3.78. The van der Waals surface area contributed by atoms with Crippen molar-refractivity contribution in [3.8, 4) is 0 Å². The van der Waals surface area contributed by atoms with E-state index < -0.39 is 0 Å². The van der Waals surface area contributed by atoms with E-state index in [4.69, 9.17) is 5.73 Å². The summed E-state index contributed by atoms with van der Waals surface area (Å²) >= 11 is 0. The molecule has 2 aromatic carbocycles. The lowest BCUT2D eigenvalue weighted by atomic mass is 10.0. The smallest absolute Gasteiger partial charge is 0.101 e. The number of para-hydroxylation sites is 1. The molecule has 0 saturated heterocycles. The van der Waals surface area contributed by atoms with Crippen molar-refractivity contribution >= 4 is 5.69 Å². The SMILES string of the molecule is CCc1ccccc1C(N)Nc1ccccc1. The number of hydrogen-bond acceptors (Lipinski definition) is 2. The second-order valence-electron chi connectivity index (χ2n) is 4.04. The van der Waals surface area contributed by atoms with Crippen LogP contribution in [0.1, 0.15) is 24.2 Å². The predicted molar refractivity (Wildman–Crippen MR) is 72.8 cm³/mol. The number of nitrogens with two attached hydrogens (primary N) is 1. The van der Waals surface area contributed by atoms with Crippen molar-refractivity contribution in [3.05, 3.63) is 65.7 Å². The van der Waals surface area contributed by atoms with Crippen LogP contribution in [0.15, 0.2) is 54.6 Å². The fourth-order valence-corrected chi connectivity index (χ4v) is 1.95. The van der Waals surface area contributed by atoms with Gasteiger partial charge in [-0.3, -0.25) is 0 Å². The molecule has 0 amide bonds. The van der Waals surface area contributed by atoms with Crippen LogP contribution < -0.4 is 11.1 Å². The van der Waals surface area contributed by atoms with Gasteiger partial charge in [0.2, 0.25) is 0 Å². The molecule has 0 aliphatic heterocycles. The van der Waals surface area contributed by atoms with Crippen molar-refractivity contribution in [2.24, 2.45) is 5.73 Å². The highest BCUT2D eigenvalue weighted by Crippen LogP contribution is 2.19. The van der Waals surface area contributed by atoms with Crippen LogP contribution in [0.3, 0.4) is 0 Å². The molecule has 3 N–H and O–H groups in total. The lowest BCUT2D eigenvalue weighted by molar-refractivity contribution is 0.818. The number of nitrogens with one attached hydrogen (secondary N) is 1. The summed E-state index contributed by atoms with van der Waals surface area (Å²) in [6.45, 7) is 2.15. The molecule has 88 valence electrons. The van der Waals surface area contributed by atoms with Crippen molar-refractivity contribution in [2.75, 3.05) is 5.32 Å². The summed E-state index contributed by atoms with van der Waals surface area (Å²) in [4.78, 5) is 0. The molecule has 17 heavy (non-hydrogen) atoms. The van der Waals surface area contributed by atoms with Crippen LogP contribution in [-0.4, -0.2) is 0 Å². The van der Waals surface area contributed by atoms with Gasteiger partial charge in [-0.2, -0.15) is 0 Å². The normalized spacial score (nSPS) is 12.1. The van der Waals surface area contributed by atoms with Crippen molar-refractivity contribution in [3.63, 3.8) is 0 Å². The van der Waals surface area contributed by atoms with Gasteiger partial charge in [-0.05, 0) is 29.7 Å². The summed E-state index contributed by atoms with van der Waals surface area (Å²) < 4.78 is 0. The Hall–Kier alpha value is -1.80. The zero-order valence-corrected chi connectivity index (χ0v) is 10.1. The molecule has 2 rings (SSSR count). The van der Waals surface area contributed by atoms with Gasteiger partial charge in [-0.1, -0.05) is 49.4 Å². The van der Waals surface area contributed by atoms with Crippen LogP contribution in [-0.2, 0) is 6.42 Å². The topological polar surface area (TPSA) is 38.0 Å². The van der Waals surface area contributed by atoms with Crippen LogP contribution in [0.5, 0.6) is 0 Å². The first kappa shape index (κ1) is 11.7. The third-order valence-electron chi connectivity index (χ3n) is 2.87. The monoisotopic (exact) mass is 226 g/mol. The highest BCUT2D eigenvalue weighted by Gasteiger charge is 2.08. The van der Waals surface area contributed by atoms with E-state index in [0.29, 0.717) is 0 Å². The summed E-state index contributed by atoms with van der Waals surface area (Å²) in [7, 11) is 0. The molecule has 0 aliphatic rings. The van der Waals surface area contributed by atoms with Crippen molar-refractivity contribution in [1.82, 2.24) is 0 Å². The average Bonchev–Trinajstić information content (AvgIpc) is 2.40. The predicted octanol–water partition coefficient (Wildman–Crippen LogP) is 3.32. The third kappa shape index (κ3) is 2.86. The molecule has 0 heterocycles. The van der Waals surface area contributed by atoms with Crippen molar-refractivity contribution in [1.29, 1.82) is 0 Å². The highest BCUT2D eigenvalue weighted by atomic mass is 15.0. The largest absolute Gasteiger partial charge is 0.366 e. The Morgan fingerprint density at radius 3 is 2.35 bits per heavy atom. The molecule has 0 aromatic heterocycles. The fraction of sp³-hybridized carbons (Fsp3) is 0.200. The lowest BCUT2D eigenvalue weighted by Gasteiger charge is -2.18. The third-order valence-corrected chi connectivity index (χ3v) is 2.87. The van der Waals surface area contributed by atoms with Crippen molar-refractivity contribution in [2.45, 2.75) is 19.5 Å². The minimum absolute atomic E-state index is 0.159. The van der Waals surface area contributed by atoms with Crippen LogP contribution in [0.25, 0.3) is 0 Å². The standard InChI is InChI=1S/C15H18N2/c1-2-12-8-6-7-11-14(12)15(16)17-13-9-4-3-5-10-13/h3-11,15,17H,2,16H2,1H3. The molecule has 1 atom stereocenters. The molecular weight excluding hydrogens is 208 g/mol. The first-order valence-corrected chi connectivity index (χ1v) is 5.96. The van der Waals surface area contributed by atoms with E-state index in [1.807, 2.05) is 36.4 Å². The summed E-state index contributed by atoms with van der Waals surface area (Å²) in [6.07, 6.45) is 0.842. The van der Waals surface area contributed by atoms with E-state index in [2.05, 4.69) is 30.4 Å². The summed E-state index contributed by atoms with van der Waals surface area (Å²) in [6, 6.07) is 18.3. The Morgan fingerprint density at radius 2 is 1.65 bits per heavy atom. The van der Waals surface area contributed by atoms with E-state index >= 15 is 0 Å². The minimum Gasteiger partial charge on any atom is -0.366 e. The Bertz CT molecular complexity index is 465. The van der Waals surface area contributed by atoms with Gasteiger partial charge < -0.3 is 11.1 Å². The first-order valence-electron chi connectivity index (χ1n) is 5.96. The van der Waals surface area contributed by atoms with E-state index in [0.717, 1.165) is 12.1 Å². The molecule has 0 fully saturated rings. The van der Waals surface area contributed by atoms with Gasteiger partial charge in [0.1, 0.15) is 6.17 Å². The Labute approximate surface area is 102 Å². The second-order valence-corrected chi connectivity index (χ2v) is 4.04. The van der Waals surface area contributed by atoms with E-state index in [1.54, 1.807) is 0 Å². The zero-order valence-electron chi connectivity index (χ0n) is 10.1. The number of rotatable bonds is 4. The number of anilines is 1. The Balaban J connectivity index is 2.17. The van der Waals surface area contributed by atoms with Gasteiger partial charge in [-0.25, -0.2) is 0 Å². The molecule has 0 aliphatic carbocycles. The molecular formula is C15H18N2. The quantitative estimate of drug-likeness (QED) is 0.785. The zero-order chi connectivity index (χ0) is 12.1. The maximum Gasteiger partial charge on any atom is 0.101 e. The van der Waals surface area contributed by atoms with E-state index in [9.17, 15) is 0 Å². The lowest BCUT2D eigenvalue weighted by Crippen LogP contribution is -2.21. The van der Waals surface area contributed by atoms with Crippen LogP contribution >= 0.6 is 0 Å². The minimum atomic E-state index is -0.159. The average molecular weight is 226 g/mol. The summed E-state index contributed by atoms with van der Waals surface area (Å²) in [5, 5.41) is 3.31. The maximum absolute atomic E-state index is 6.19. The number of hydrogen-bond donors (Lipinski definition) is 2. The van der Waals surface area contributed by atoms with E-state index in [1.165, 1.54) is 11.1 Å². The number of aryl methyl sites for hydroxylation is 1. The molecule has 2 aromatic rings. The van der Waals surface area contributed by atoms with Crippen LogP contribution in [0.2, 0.25) is 0 Å². The van der Waals surface area contributed by atoms with Crippen LogP contribution in [0.4, 0.5) is 5.69 Å². The van der Waals surface area contributed by atoms with Gasteiger partial charge in [0.15, 0.2) is 0 Å². The molecule has 2 heteroatoms. The van der Waals surface area contributed by atoms with Gasteiger partial charge in [0.05, 0.1) is 0 Å². The first-order chi connectivity index (χ1) is 8.31. The maximum atomic E-state index is 6.19. The number of benzene rings is 2. The molecule has 0 saturated carbocycles. The van der Waals surface area contributed by atoms with Crippen LogP contribution in [0, 0.1) is 0 Å². The molecule has 0 spiro atoms. The molecule has 2 nitrogen and oxygen atoms in total. The van der Waals surface area contributed by atoms with Crippen molar-refractivity contribution < 1.29 is 0 Å². The van der Waals surface area contributed by atoms with Gasteiger partial charge >= 0.3 is 0 Å². The highest BCUT2D eigenvalue weighted by molar-refractivity contribution is 5.45. The summed E-state index contributed by atoms with van der Waals surface area (Å²) in [5.41, 5.74) is 9.70. The summed E-state index contributed by atoms with van der Waals surface area (Å²) in [5.74, 6) is 0. The Morgan fingerprint density at radius 1 is 1.00 bits per heavy atom. The second kappa shape index (κ2) is 5.51. The molecule has 0 radical (unpaired) electrons. The molecule has 0 bridgehead atoms.